The maximum atomic E-state index is 12.1. The Kier molecular flexibility index (Phi) is 6.44. The van der Waals surface area contributed by atoms with E-state index in [0.717, 1.165) is 18.4 Å². The van der Waals surface area contributed by atoms with Gasteiger partial charge in [0.2, 0.25) is 0 Å². The first-order valence-corrected chi connectivity index (χ1v) is 6.56. The van der Waals surface area contributed by atoms with Crippen molar-refractivity contribution >= 4 is 5.97 Å². The topological polar surface area (TPSA) is 35.5 Å². The van der Waals surface area contributed by atoms with Crippen molar-refractivity contribution in [3.05, 3.63) is 35.9 Å². The smallest absolute Gasteiger partial charge is 0.340 e. The number of hydrogen-bond donors (Lipinski definition) is 0. The molecule has 0 amide bonds. The lowest BCUT2D eigenvalue weighted by atomic mass is 10.1. The SMILES string of the molecule is CCCOC(C(=O)OC(C)CC)c1ccccc1. The van der Waals surface area contributed by atoms with Gasteiger partial charge in [0.1, 0.15) is 0 Å². The van der Waals surface area contributed by atoms with Gasteiger partial charge in [-0.25, -0.2) is 4.79 Å². The summed E-state index contributed by atoms with van der Waals surface area (Å²) in [5.74, 6) is -0.302. The first kappa shape index (κ1) is 14.7. The molecule has 0 aliphatic rings. The molecule has 0 saturated carbocycles. The van der Waals surface area contributed by atoms with E-state index < -0.39 is 6.10 Å². The van der Waals surface area contributed by atoms with Crippen LogP contribution >= 0.6 is 0 Å². The van der Waals surface area contributed by atoms with Crippen molar-refractivity contribution in [2.24, 2.45) is 0 Å². The van der Waals surface area contributed by atoms with Crippen LogP contribution in [0.25, 0.3) is 0 Å². The second kappa shape index (κ2) is 7.88. The average molecular weight is 250 g/mol. The number of carbonyl (C=O) groups is 1. The molecule has 100 valence electrons. The molecule has 2 unspecified atom stereocenters. The summed E-state index contributed by atoms with van der Waals surface area (Å²) in [5.41, 5.74) is 0.847. The van der Waals surface area contributed by atoms with Crippen LogP contribution in [0.1, 0.15) is 45.3 Å². The molecule has 1 aromatic carbocycles. The van der Waals surface area contributed by atoms with Crippen LogP contribution in [-0.4, -0.2) is 18.7 Å². The predicted octanol–water partition coefficient (Wildman–Crippen LogP) is 3.50. The van der Waals surface area contributed by atoms with Crippen LogP contribution in [0.4, 0.5) is 0 Å². The molecule has 0 aliphatic heterocycles. The summed E-state index contributed by atoms with van der Waals surface area (Å²) in [4.78, 5) is 12.1. The summed E-state index contributed by atoms with van der Waals surface area (Å²) in [6, 6.07) is 9.49. The van der Waals surface area contributed by atoms with Gasteiger partial charge in [-0.2, -0.15) is 0 Å². The Bertz CT molecular complexity index is 348. The summed E-state index contributed by atoms with van der Waals surface area (Å²) in [7, 11) is 0. The fourth-order valence-electron chi connectivity index (χ4n) is 1.51. The zero-order valence-corrected chi connectivity index (χ0v) is 11.4. The molecule has 1 aromatic rings. The summed E-state index contributed by atoms with van der Waals surface area (Å²) < 4.78 is 11.0. The quantitative estimate of drug-likeness (QED) is 0.695. The van der Waals surface area contributed by atoms with Gasteiger partial charge in [0.15, 0.2) is 6.10 Å². The van der Waals surface area contributed by atoms with Gasteiger partial charge in [0, 0.05) is 6.61 Å². The van der Waals surface area contributed by atoms with Crippen molar-refractivity contribution in [3.8, 4) is 0 Å². The molecule has 0 saturated heterocycles. The Labute approximate surface area is 109 Å². The molecule has 0 aromatic heterocycles. The van der Waals surface area contributed by atoms with Crippen LogP contribution in [-0.2, 0) is 14.3 Å². The minimum Gasteiger partial charge on any atom is -0.461 e. The number of esters is 1. The molecule has 18 heavy (non-hydrogen) atoms. The molecule has 0 N–H and O–H groups in total. The van der Waals surface area contributed by atoms with Crippen molar-refractivity contribution < 1.29 is 14.3 Å². The normalized spacial score (nSPS) is 13.9. The Balaban J connectivity index is 2.75. The number of carbonyl (C=O) groups excluding carboxylic acids is 1. The average Bonchev–Trinajstić information content (AvgIpc) is 2.40. The van der Waals surface area contributed by atoms with Crippen molar-refractivity contribution in [1.82, 2.24) is 0 Å². The third-order valence-electron chi connectivity index (χ3n) is 2.70. The van der Waals surface area contributed by atoms with E-state index >= 15 is 0 Å². The maximum absolute atomic E-state index is 12.1. The first-order chi connectivity index (χ1) is 8.69. The highest BCUT2D eigenvalue weighted by molar-refractivity contribution is 5.76. The number of ether oxygens (including phenoxy) is 2. The van der Waals surface area contributed by atoms with E-state index in [1.807, 2.05) is 51.1 Å². The van der Waals surface area contributed by atoms with Gasteiger partial charge in [-0.1, -0.05) is 44.2 Å². The molecule has 0 spiro atoms. The van der Waals surface area contributed by atoms with Gasteiger partial charge in [-0.05, 0) is 25.3 Å². The van der Waals surface area contributed by atoms with Gasteiger partial charge in [0.25, 0.3) is 0 Å². The van der Waals surface area contributed by atoms with E-state index in [-0.39, 0.29) is 12.1 Å². The summed E-state index contributed by atoms with van der Waals surface area (Å²) in [5, 5.41) is 0. The van der Waals surface area contributed by atoms with Crippen LogP contribution < -0.4 is 0 Å². The summed E-state index contributed by atoms with van der Waals surface area (Å²) in [6.45, 7) is 6.44. The van der Waals surface area contributed by atoms with Gasteiger partial charge in [-0.15, -0.1) is 0 Å². The predicted molar refractivity (Wildman–Crippen MR) is 71.3 cm³/mol. The van der Waals surface area contributed by atoms with Crippen molar-refractivity contribution in [1.29, 1.82) is 0 Å². The zero-order chi connectivity index (χ0) is 13.4. The minimum absolute atomic E-state index is 0.0751. The first-order valence-electron chi connectivity index (χ1n) is 6.56. The molecule has 3 heteroatoms. The molecular weight excluding hydrogens is 228 g/mol. The fraction of sp³-hybridized carbons (Fsp3) is 0.533. The monoisotopic (exact) mass is 250 g/mol. The highest BCUT2D eigenvalue weighted by atomic mass is 16.6. The lowest BCUT2D eigenvalue weighted by Gasteiger charge is -2.19. The Morgan fingerprint density at radius 3 is 2.44 bits per heavy atom. The standard InChI is InChI=1S/C15H22O3/c1-4-11-17-14(13-9-7-6-8-10-13)15(16)18-12(3)5-2/h6-10,12,14H,4-5,11H2,1-3H3. The summed E-state index contributed by atoms with van der Waals surface area (Å²) >= 11 is 0. The van der Waals surface area contributed by atoms with Gasteiger partial charge in [0.05, 0.1) is 6.10 Å². The van der Waals surface area contributed by atoms with E-state index in [2.05, 4.69) is 0 Å². The minimum atomic E-state index is -0.611. The Morgan fingerprint density at radius 2 is 1.89 bits per heavy atom. The van der Waals surface area contributed by atoms with Crippen LogP contribution in [0.15, 0.2) is 30.3 Å². The van der Waals surface area contributed by atoms with Gasteiger partial charge >= 0.3 is 5.97 Å². The molecule has 0 radical (unpaired) electrons. The van der Waals surface area contributed by atoms with E-state index in [9.17, 15) is 4.79 Å². The fourth-order valence-corrected chi connectivity index (χ4v) is 1.51. The molecule has 0 heterocycles. The molecule has 3 nitrogen and oxygen atoms in total. The van der Waals surface area contributed by atoms with Crippen LogP contribution in [0.5, 0.6) is 0 Å². The van der Waals surface area contributed by atoms with Crippen LogP contribution in [0, 0.1) is 0 Å². The molecule has 0 bridgehead atoms. The van der Waals surface area contributed by atoms with Crippen molar-refractivity contribution in [2.75, 3.05) is 6.61 Å². The van der Waals surface area contributed by atoms with Crippen molar-refractivity contribution in [2.45, 2.75) is 45.8 Å². The van der Waals surface area contributed by atoms with E-state index in [1.54, 1.807) is 0 Å². The van der Waals surface area contributed by atoms with Crippen LogP contribution in [0.2, 0.25) is 0 Å². The third kappa shape index (κ3) is 4.49. The second-order valence-corrected chi connectivity index (χ2v) is 4.32. The third-order valence-corrected chi connectivity index (χ3v) is 2.70. The maximum Gasteiger partial charge on any atom is 0.340 e. The van der Waals surface area contributed by atoms with Crippen molar-refractivity contribution in [3.63, 3.8) is 0 Å². The number of rotatable bonds is 7. The highest BCUT2D eigenvalue weighted by Gasteiger charge is 2.23. The Hall–Kier alpha value is -1.35. The van der Waals surface area contributed by atoms with Gasteiger partial charge in [-0.3, -0.25) is 0 Å². The highest BCUT2D eigenvalue weighted by Crippen LogP contribution is 2.20. The zero-order valence-electron chi connectivity index (χ0n) is 11.4. The molecule has 1 rings (SSSR count). The second-order valence-electron chi connectivity index (χ2n) is 4.32. The van der Waals surface area contributed by atoms with E-state index in [1.165, 1.54) is 0 Å². The summed E-state index contributed by atoms with van der Waals surface area (Å²) in [6.07, 6.45) is 0.995. The molecule has 0 fully saturated rings. The lowest BCUT2D eigenvalue weighted by Crippen LogP contribution is -2.23. The molecular formula is C15H22O3. The van der Waals surface area contributed by atoms with Crippen LogP contribution in [0.3, 0.4) is 0 Å². The van der Waals surface area contributed by atoms with E-state index in [4.69, 9.17) is 9.47 Å². The Morgan fingerprint density at radius 1 is 1.22 bits per heavy atom. The lowest BCUT2D eigenvalue weighted by molar-refractivity contribution is -0.162. The molecule has 0 aliphatic carbocycles. The molecule has 2 atom stereocenters. The van der Waals surface area contributed by atoms with E-state index in [0.29, 0.717) is 6.61 Å². The largest absolute Gasteiger partial charge is 0.461 e. The van der Waals surface area contributed by atoms with Gasteiger partial charge < -0.3 is 9.47 Å². The number of benzene rings is 1. The number of hydrogen-bond acceptors (Lipinski definition) is 3.